The van der Waals surface area contributed by atoms with E-state index in [9.17, 15) is 30.4 Å². The molecule has 2 aromatic carbocycles. The third-order valence-corrected chi connectivity index (χ3v) is 6.34. The lowest BCUT2D eigenvalue weighted by Crippen LogP contribution is -2.21. The second kappa shape index (κ2) is 10.9. The van der Waals surface area contributed by atoms with Crippen molar-refractivity contribution in [3.8, 4) is 11.8 Å². The Morgan fingerprint density at radius 3 is 2.39 bits per heavy atom. The third-order valence-electron chi connectivity index (χ3n) is 4.83. The lowest BCUT2D eigenvalue weighted by Gasteiger charge is -2.12. The van der Waals surface area contributed by atoms with Crippen LogP contribution < -0.4 is 4.72 Å². The molecule has 4 rings (SSSR count). The van der Waals surface area contributed by atoms with E-state index >= 15 is 0 Å². The molecule has 2 aromatic heterocycles. The molecule has 4 aromatic rings. The van der Waals surface area contributed by atoms with Crippen molar-refractivity contribution in [3.05, 3.63) is 82.7 Å². The molecule has 3 N–H and O–H groups in total. The van der Waals surface area contributed by atoms with Crippen LogP contribution in [0, 0.1) is 37.3 Å². The molecule has 0 aliphatic rings. The molecular weight excluding hydrogens is 535 g/mol. The molecule has 0 saturated carbocycles. The van der Waals surface area contributed by atoms with Crippen LogP contribution in [0.25, 0.3) is 11.0 Å². The Morgan fingerprint density at radius 1 is 1.05 bits per heavy atom. The first-order valence-electron chi connectivity index (χ1n) is 10.4. The minimum atomic E-state index is -5.08. The Labute approximate surface area is 212 Å². The van der Waals surface area contributed by atoms with Gasteiger partial charge in [-0.15, -0.1) is 0 Å². The van der Waals surface area contributed by atoms with Gasteiger partial charge in [-0.3, -0.25) is 9.82 Å². The molecule has 0 atom stereocenters. The number of aromatic nitrogens is 3. The van der Waals surface area contributed by atoms with E-state index in [1.807, 2.05) is 0 Å². The van der Waals surface area contributed by atoms with E-state index in [0.717, 1.165) is 17.7 Å². The topological polar surface area (TPSA) is 125 Å². The van der Waals surface area contributed by atoms with Crippen molar-refractivity contribution >= 4 is 32.7 Å². The van der Waals surface area contributed by atoms with Gasteiger partial charge < -0.3 is 5.11 Å². The van der Waals surface area contributed by atoms with Crippen molar-refractivity contribution in [2.24, 2.45) is 0 Å². The average molecular weight is 552 g/mol. The first-order chi connectivity index (χ1) is 17.7. The van der Waals surface area contributed by atoms with Gasteiger partial charge in [0.2, 0.25) is 0 Å². The molecule has 0 saturated heterocycles. The van der Waals surface area contributed by atoms with E-state index in [1.54, 1.807) is 38.2 Å². The fraction of sp³-hybridized carbons (Fsp3) is 0.125. The summed E-state index contributed by atoms with van der Waals surface area (Å²) in [6.07, 6.45) is -2.09. The molecule has 38 heavy (non-hydrogen) atoms. The normalized spacial score (nSPS) is 11.2. The Kier molecular flexibility index (Phi) is 8.01. The maximum Gasteiger partial charge on any atom is 0.490 e. The second-order valence-electron chi connectivity index (χ2n) is 7.74. The fourth-order valence-corrected chi connectivity index (χ4v) is 4.37. The number of carbonyl (C=O) groups is 1. The number of nitrogens with one attached hydrogen (secondary N) is 2. The van der Waals surface area contributed by atoms with E-state index in [4.69, 9.17) is 9.90 Å². The van der Waals surface area contributed by atoms with E-state index < -0.39 is 45.1 Å². The number of pyridine rings is 1. The molecule has 0 fully saturated rings. The molecule has 0 amide bonds. The van der Waals surface area contributed by atoms with Crippen LogP contribution >= 0.6 is 0 Å². The number of halogens is 5. The van der Waals surface area contributed by atoms with E-state index in [0.29, 0.717) is 22.2 Å². The molecule has 0 aliphatic carbocycles. The summed E-state index contributed by atoms with van der Waals surface area (Å²) in [5.41, 5.74) is 1.28. The molecule has 0 spiro atoms. The predicted octanol–water partition coefficient (Wildman–Crippen LogP) is 4.69. The summed E-state index contributed by atoms with van der Waals surface area (Å²) >= 11 is 0. The molecule has 0 unspecified atom stereocenters. The third kappa shape index (κ3) is 6.62. The SMILES string of the molecule is Cc1ccc(C)c(S(=O)(=O)Nc2ccc(F)c(C#Cc3cnc4[nH]ncc4c3)c2F)c1.O=C(O)C(F)(F)F. The minimum Gasteiger partial charge on any atom is -0.475 e. The van der Waals surface area contributed by atoms with Gasteiger partial charge in [0, 0.05) is 17.1 Å². The summed E-state index contributed by atoms with van der Waals surface area (Å²) in [6, 6.07) is 8.58. The van der Waals surface area contributed by atoms with Crippen LogP contribution in [0.5, 0.6) is 0 Å². The summed E-state index contributed by atoms with van der Waals surface area (Å²) in [7, 11) is -4.08. The highest BCUT2D eigenvalue weighted by atomic mass is 32.2. The molecule has 8 nitrogen and oxygen atoms in total. The molecule has 0 radical (unpaired) electrons. The van der Waals surface area contributed by atoms with Crippen molar-refractivity contribution in [1.29, 1.82) is 0 Å². The van der Waals surface area contributed by atoms with Crippen molar-refractivity contribution in [2.75, 3.05) is 4.72 Å². The van der Waals surface area contributed by atoms with Gasteiger partial charge >= 0.3 is 12.1 Å². The van der Waals surface area contributed by atoms with E-state index in [-0.39, 0.29) is 4.90 Å². The van der Waals surface area contributed by atoms with Gasteiger partial charge in [0.15, 0.2) is 11.5 Å². The van der Waals surface area contributed by atoms with Crippen molar-refractivity contribution in [3.63, 3.8) is 0 Å². The van der Waals surface area contributed by atoms with Gasteiger partial charge in [-0.2, -0.15) is 18.3 Å². The Bertz CT molecular complexity index is 1690. The van der Waals surface area contributed by atoms with E-state index in [2.05, 4.69) is 31.7 Å². The van der Waals surface area contributed by atoms with Crippen LogP contribution in [0.2, 0.25) is 0 Å². The maximum absolute atomic E-state index is 15.0. The number of aryl methyl sites for hydroxylation is 2. The van der Waals surface area contributed by atoms with Crippen molar-refractivity contribution in [2.45, 2.75) is 24.9 Å². The quantitative estimate of drug-likeness (QED) is 0.250. The van der Waals surface area contributed by atoms with Gasteiger partial charge in [0.25, 0.3) is 10.0 Å². The summed E-state index contributed by atoms with van der Waals surface area (Å²) in [5, 5.41) is 14.4. The zero-order chi connectivity index (χ0) is 28.3. The Morgan fingerprint density at radius 2 is 1.74 bits per heavy atom. The Hall–Kier alpha value is -4.51. The number of anilines is 1. The number of nitrogens with zero attached hydrogens (tertiary/aromatic N) is 2. The number of hydrogen-bond donors (Lipinski definition) is 3. The molecule has 14 heteroatoms. The maximum atomic E-state index is 15.0. The summed E-state index contributed by atoms with van der Waals surface area (Å²) in [5.74, 6) is 0.326. The molecule has 198 valence electrons. The highest BCUT2D eigenvalue weighted by molar-refractivity contribution is 7.92. The highest BCUT2D eigenvalue weighted by Crippen LogP contribution is 2.25. The number of benzene rings is 2. The monoisotopic (exact) mass is 552 g/mol. The molecule has 0 bridgehead atoms. The zero-order valence-corrected chi connectivity index (χ0v) is 20.3. The number of rotatable bonds is 3. The van der Waals surface area contributed by atoms with Crippen LogP contribution in [0.3, 0.4) is 0 Å². The first-order valence-corrected chi connectivity index (χ1v) is 11.9. The van der Waals surface area contributed by atoms with Gasteiger partial charge in [-0.1, -0.05) is 24.0 Å². The van der Waals surface area contributed by atoms with Gasteiger partial charge in [0.1, 0.15) is 5.82 Å². The van der Waals surface area contributed by atoms with Crippen LogP contribution in [0.1, 0.15) is 22.3 Å². The fourth-order valence-electron chi connectivity index (χ4n) is 2.98. The van der Waals surface area contributed by atoms with Gasteiger partial charge in [-0.25, -0.2) is 27.0 Å². The van der Waals surface area contributed by atoms with Crippen LogP contribution in [-0.4, -0.2) is 40.9 Å². The van der Waals surface area contributed by atoms with Crippen LogP contribution in [0.15, 0.2) is 53.7 Å². The second-order valence-corrected chi connectivity index (χ2v) is 9.39. The highest BCUT2D eigenvalue weighted by Gasteiger charge is 2.38. The Balaban J connectivity index is 0.000000505. The minimum absolute atomic E-state index is 0.0170. The van der Waals surface area contributed by atoms with Crippen molar-refractivity contribution < 1.29 is 40.3 Å². The van der Waals surface area contributed by atoms with Crippen LogP contribution in [-0.2, 0) is 14.8 Å². The lowest BCUT2D eigenvalue weighted by molar-refractivity contribution is -0.192. The number of H-pyrrole nitrogens is 1. The molecule has 0 aliphatic heterocycles. The number of aliphatic carboxylic acids is 1. The molecular formula is C24H17F5N4O4S. The number of sulfonamides is 1. The van der Waals surface area contributed by atoms with Gasteiger partial charge in [0.05, 0.1) is 22.3 Å². The largest absolute Gasteiger partial charge is 0.490 e. The standard InChI is InChI=1S/C22H16F2N4O2S.C2HF3O2/c1-13-3-4-14(2)20(9-13)31(29,30)28-19-8-7-18(23)17(21(19)24)6-5-15-10-16-12-26-27-22(16)25-11-15;3-2(4,5)1(6)7/h3-4,7-12,28H,1-2H3,(H,25,26,27);(H,6,7). The summed E-state index contributed by atoms with van der Waals surface area (Å²) < 4.78 is 88.7. The number of carboxylic acids is 1. The number of fused-ring (bicyclic) bond motifs is 1. The molecule has 2 heterocycles. The number of carboxylic acid groups (broad SMARTS) is 1. The van der Waals surface area contributed by atoms with Crippen molar-refractivity contribution in [1.82, 2.24) is 15.2 Å². The first kappa shape index (κ1) is 28.1. The average Bonchev–Trinajstić information content (AvgIpc) is 3.30. The zero-order valence-electron chi connectivity index (χ0n) is 19.5. The number of alkyl halides is 3. The number of aromatic amines is 1. The summed E-state index contributed by atoms with van der Waals surface area (Å²) in [4.78, 5) is 13.0. The van der Waals surface area contributed by atoms with Crippen LogP contribution in [0.4, 0.5) is 27.6 Å². The smallest absolute Gasteiger partial charge is 0.475 e. The predicted molar refractivity (Wildman–Crippen MR) is 127 cm³/mol. The summed E-state index contributed by atoms with van der Waals surface area (Å²) in [6.45, 7) is 3.39. The lowest BCUT2D eigenvalue weighted by atomic mass is 10.1. The van der Waals surface area contributed by atoms with E-state index in [1.165, 1.54) is 12.3 Å². The van der Waals surface area contributed by atoms with Gasteiger partial charge in [-0.05, 0) is 49.2 Å². The number of hydrogen-bond acceptors (Lipinski definition) is 5.